The Morgan fingerprint density at radius 2 is 2.33 bits per heavy atom. The van der Waals surface area contributed by atoms with Gasteiger partial charge in [-0.05, 0) is 25.8 Å². The van der Waals surface area contributed by atoms with E-state index in [1.54, 1.807) is 12.1 Å². The second-order valence-electron chi connectivity index (χ2n) is 4.57. The first kappa shape index (κ1) is 11.3. The molecule has 6 heteroatoms. The van der Waals surface area contributed by atoms with Gasteiger partial charge in [0.1, 0.15) is 5.69 Å². The second kappa shape index (κ2) is 4.17. The third kappa shape index (κ3) is 2.13. The van der Waals surface area contributed by atoms with Gasteiger partial charge in [-0.2, -0.15) is 5.10 Å². The van der Waals surface area contributed by atoms with Gasteiger partial charge in [-0.3, -0.25) is 9.89 Å². The fourth-order valence-electron chi connectivity index (χ4n) is 1.94. The van der Waals surface area contributed by atoms with Crippen molar-refractivity contribution < 1.29 is 4.79 Å². The molecule has 0 aromatic carbocycles. The van der Waals surface area contributed by atoms with Gasteiger partial charge >= 0.3 is 0 Å². The molecule has 2 heterocycles. The summed E-state index contributed by atoms with van der Waals surface area (Å²) in [4.78, 5) is 12.1. The van der Waals surface area contributed by atoms with Gasteiger partial charge in [-0.1, -0.05) is 11.6 Å². The predicted molar refractivity (Wildman–Crippen MR) is 69.0 cm³/mol. The smallest absolute Gasteiger partial charge is 0.273 e. The van der Waals surface area contributed by atoms with E-state index < -0.39 is 0 Å². The van der Waals surface area contributed by atoms with Crippen molar-refractivity contribution >= 4 is 23.3 Å². The van der Waals surface area contributed by atoms with Crippen LogP contribution in [-0.2, 0) is 0 Å². The normalized spacial score (nSPS) is 14.8. The molecule has 2 N–H and O–H groups in total. The van der Waals surface area contributed by atoms with Crippen LogP contribution in [0.4, 0.5) is 5.82 Å². The van der Waals surface area contributed by atoms with Crippen molar-refractivity contribution in [3.05, 3.63) is 34.7 Å². The van der Waals surface area contributed by atoms with Crippen molar-refractivity contribution in [3.8, 4) is 0 Å². The fraction of sp³-hybridized carbons (Fsp3) is 0.333. The molecule has 1 aliphatic carbocycles. The number of aromatic amines is 1. The van der Waals surface area contributed by atoms with Crippen molar-refractivity contribution in [1.29, 1.82) is 0 Å². The van der Waals surface area contributed by atoms with Crippen molar-refractivity contribution in [3.63, 3.8) is 0 Å². The summed E-state index contributed by atoms with van der Waals surface area (Å²) in [6.07, 6.45) is 4.02. The van der Waals surface area contributed by atoms with Crippen LogP contribution in [0.2, 0.25) is 5.02 Å². The molecule has 1 amide bonds. The molecule has 0 aliphatic heterocycles. The fourth-order valence-corrected chi connectivity index (χ4v) is 2.15. The van der Waals surface area contributed by atoms with Crippen molar-refractivity contribution in [1.82, 2.24) is 14.8 Å². The minimum atomic E-state index is -0.180. The average molecular weight is 265 g/mol. The molecular weight excluding hydrogens is 252 g/mol. The number of H-pyrrole nitrogens is 1. The first-order valence-electron chi connectivity index (χ1n) is 5.84. The molecule has 2 aromatic rings. The molecule has 2 aromatic heterocycles. The third-order valence-corrected chi connectivity index (χ3v) is 3.14. The molecule has 0 atom stereocenters. The Kier molecular flexibility index (Phi) is 2.63. The molecule has 1 saturated carbocycles. The highest BCUT2D eigenvalue weighted by atomic mass is 35.5. The van der Waals surface area contributed by atoms with Gasteiger partial charge in [-0.15, -0.1) is 0 Å². The number of carbonyl (C=O) groups excluding carboxylic acids is 1. The standard InChI is InChI=1S/C12H13ClN4O/c1-7-4-11(16-15-7)14-12(18)10-5-8(13)6-17(10)9-2-3-9/h4-6,9H,2-3H2,1H3,(H2,14,15,16,18). The quantitative estimate of drug-likeness (QED) is 0.895. The lowest BCUT2D eigenvalue weighted by molar-refractivity contribution is 0.101. The summed E-state index contributed by atoms with van der Waals surface area (Å²) in [7, 11) is 0. The summed E-state index contributed by atoms with van der Waals surface area (Å²) in [5, 5.41) is 10.1. The van der Waals surface area contributed by atoms with Crippen LogP contribution in [0.1, 0.15) is 35.1 Å². The van der Waals surface area contributed by atoms with Crippen LogP contribution < -0.4 is 5.32 Å². The Morgan fingerprint density at radius 3 is 2.94 bits per heavy atom. The maximum Gasteiger partial charge on any atom is 0.273 e. The lowest BCUT2D eigenvalue weighted by Crippen LogP contribution is -2.16. The minimum Gasteiger partial charge on any atom is -0.339 e. The highest BCUT2D eigenvalue weighted by molar-refractivity contribution is 6.31. The Morgan fingerprint density at radius 1 is 1.56 bits per heavy atom. The maximum absolute atomic E-state index is 12.1. The summed E-state index contributed by atoms with van der Waals surface area (Å²) in [6, 6.07) is 3.89. The van der Waals surface area contributed by atoms with E-state index in [0.717, 1.165) is 18.5 Å². The number of hydrogen-bond donors (Lipinski definition) is 2. The van der Waals surface area contributed by atoms with Crippen LogP contribution in [0.5, 0.6) is 0 Å². The molecule has 0 spiro atoms. The topological polar surface area (TPSA) is 62.7 Å². The zero-order valence-electron chi connectivity index (χ0n) is 9.90. The molecule has 5 nitrogen and oxygen atoms in total. The van der Waals surface area contributed by atoms with E-state index in [4.69, 9.17) is 11.6 Å². The zero-order chi connectivity index (χ0) is 12.7. The number of aryl methyl sites for hydroxylation is 1. The average Bonchev–Trinajstić information content (AvgIpc) is 2.98. The van der Waals surface area contributed by atoms with Crippen LogP contribution in [0.3, 0.4) is 0 Å². The van der Waals surface area contributed by atoms with Crippen LogP contribution in [0.15, 0.2) is 18.3 Å². The molecule has 0 bridgehead atoms. The Hall–Kier alpha value is -1.75. The molecular formula is C12H13ClN4O. The van der Waals surface area contributed by atoms with Gasteiger partial charge in [0.2, 0.25) is 0 Å². The van der Waals surface area contributed by atoms with E-state index in [2.05, 4.69) is 15.5 Å². The Labute approximate surface area is 109 Å². The van der Waals surface area contributed by atoms with Crippen LogP contribution in [0.25, 0.3) is 0 Å². The van der Waals surface area contributed by atoms with Crippen LogP contribution in [0, 0.1) is 6.92 Å². The monoisotopic (exact) mass is 264 g/mol. The number of nitrogens with one attached hydrogen (secondary N) is 2. The van der Waals surface area contributed by atoms with Gasteiger partial charge in [0, 0.05) is 24.0 Å². The Balaban J connectivity index is 1.83. The van der Waals surface area contributed by atoms with E-state index in [1.165, 1.54) is 0 Å². The molecule has 1 fully saturated rings. The van der Waals surface area contributed by atoms with E-state index >= 15 is 0 Å². The van der Waals surface area contributed by atoms with Crippen molar-refractivity contribution in [2.24, 2.45) is 0 Å². The predicted octanol–water partition coefficient (Wildman–Crippen LogP) is 2.76. The number of nitrogens with zero attached hydrogens (tertiary/aromatic N) is 2. The van der Waals surface area contributed by atoms with Crippen molar-refractivity contribution in [2.45, 2.75) is 25.8 Å². The van der Waals surface area contributed by atoms with Gasteiger partial charge in [0.05, 0.1) is 5.02 Å². The largest absolute Gasteiger partial charge is 0.339 e. The first-order valence-corrected chi connectivity index (χ1v) is 6.22. The summed E-state index contributed by atoms with van der Waals surface area (Å²) in [5.74, 6) is 0.345. The number of carbonyl (C=O) groups is 1. The molecule has 1 aliphatic rings. The summed E-state index contributed by atoms with van der Waals surface area (Å²) in [5.41, 5.74) is 1.49. The molecule has 0 radical (unpaired) electrons. The van der Waals surface area contributed by atoms with Crippen molar-refractivity contribution in [2.75, 3.05) is 5.32 Å². The van der Waals surface area contributed by atoms with Gasteiger partial charge < -0.3 is 9.88 Å². The third-order valence-electron chi connectivity index (χ3n) is 2.94. The number of rotatable bonds is 3. The number of aromatic nitrogens is 3. The first-order chi connectivity index (χ1) is 8.63. The number of anilines is 1. The lowest BCUT2D eigenvalue weighted by Gasteiger charge is -2.06. The summed E-state index contributed by atoms with van der Waals surface area (Å²) in [6.45, 7) is 1.88. The maximum atomic E-state index is 12.1. The summed E-state index contributed by atoms with van der Waals surface area (Å²) < 4.78 is 1.94. The van der Waals surface area contributed by atoms with Crippen LogP contribution >= 0.6 is 11.6 Å². The van der Waals surface area contributed by atoms with E-state index in [1.807, 2.05) is 17.7 Å². The SMILES string of the molecule is Cc1cc(NC(=O)c2cc(Cl)cn2C2CC2)n[nH]1. The molecule has 18 heavy (non-hydrogen) atoms. The highest BCUT2D eigenvalue weighted by Crippen LogP contribution is 2.37. The Bertz CT molecular complexity index is 597. The van der Waals surface area contributed by atoms with Gasteiger partial charge in [0.15, 0.2) is 5.82 Å². The zero-order valence-corrected chi connectivity index (χ0v) is 10.7. The molecule has 3 rings (SSSR count). The van der Waals surface area contributed by atoms with E-state index in [9.17, 15) is 4.79 Å². The number of halogens is 1. The van der Waals surface area contributed by atoms with Gasteiger partial charge in [0.25, 0.3) is 5.91 Å². The highest BCUT2D eigenvalue weighted by Gasteiger charge is 2.28. The van der Waals surface area contributed by atoms with Crippen LogP contribution in [-0.4, -0.2) is 20.7 Å². The van der Waals surface area contributed by atoms with E-state index in [0.29, 0.717) is 22.6 Å². The molecule has 0 unspecified atom stereocenters. The molecule has 94 valence electrons. The number of hydrogen-bond acceptors (Lipinski definition) is 2. The molecule has 0 saturated heterocycles. The summed E-state index contributed by atoms with van der Waals surface area (Å²) >= 11 is 5.97. The number of amides is 1. The van der Waals surface area contributed by atoms with E-state index in [-0.39, 0.29) is 5.91 Å². The van der Waals surface area contributed by atoms with Gasteiger partial charge in [-0.25, -0.2) is 0 Å². The lowest BCUT2D eigenvalue weighted by atomic mass is 10.4. The minimum absolute atomic E-state index is 0.180. The second-order valence-corrected chi connectivity index (χ2v) is 5.01.